The van der Waals surface area contributed by atoms with Crippen molar-refractivity contribution in [1.82, 2.24) is 9.97 Å². The van der Waals surface area contributed by atoms with Crippen LogP contribution in [0.25, 0.3) is 0 Å². The number of imidazole rings is 1. The van der Waals surface area contributed by atoms with Crippen LogP contribution >= 0.6 is 15.9 Å². The summed E-state index contributed by atoms with van der Waals surface area (Å²) in [6.45, 7) is 4.35. The molecule has 2 aromatic rings. The van der Waals surface area contributed by atoms with E-state index in [0.29, 0.717) is 5.92 Å². The molecule has 0 saturated heterocycles. The second kappa shape index (κ2) is 5.57. The van der Waals surface area contributed by atoms with Gasteiger partial charge < -0.3 is 9.72 Å². The summed E-state index contributed by atoms with van der Waals surface area (Å²) in [6.07, 6.45) is 2.54. The Bertz CT molecular complexity index is 534. The number of rotatable bonds is 4. The van der Waals surface area contributed by atoms with E-state index in [1.165, 1.54) is 11.1 Å². The lowest BCUT2D eigenvalue weighted by atomic mass is 9.98. The fraction of sp³-hybridized carbons (Fsp3) is 0.357. The fourth-order valence-corrected chi connectivity index (χ4v) is 2.33. The zero-order valence-corrected chi connectivity index (χ0v) is 12.4. The molecular weight excluding hydrogens is 292 g/mol. The topological polar surface area (TPSA) is 37.9 Å². The summed E-state index contributed by atoms with van der Waals surface area (Å²) >= 11 is 3.43. The van der Waals surface area contributed by atoms with Crippen molar-refractivity contribution in [2.45, 2.75) is 26.2 Å². The van der Waals surface area contributed by atoms with Gasteiger partial charge in [-0.25, -0.2) is 4.98 Å². The van der Waals surface area contributed by atoms with Crippen LogP contribution in [0.5, 0.6) is 5.75 Å². The highest BCUT2D eigenvalue weighted by atomic mass is 79.9. The summed E-state index contributed by atoms with van der Waals surface area (Å²) in [4.78, 5) is 7.28. The first-order chi connectivity index (χ1) is 8.61. The van der Waals surface area contributed by atoms with Crippen molar-refractivity contribution < 1.29 is 4.74 Å². The maximum absolute atomic E-state index is 5.39. The molecule has 0 spiro atoms. The van der Waals surface area contributed by atoms with Crippen molar-refractivity contribution in [3.63, 3.8) is 0 Å². The molecule has 1 aromatic heterocycles. The number of ether oxygens (including phenoxy) is 1. The van der Waals surface area contributed by atoms with E-state index in [2.05, 4.69) is 51.9 Å². The summed E-state index contributed by atoms with van der Waals surface area (Å²) in [6, 6.07) is 6.34. The first-order valence-corrected chi connectivity index (χ1v) is 6.75. The molecule has 2 rings (SSSR count). The van der Waals surface area contributed by atoms with Gasteiger partial charge in [-0.15, -0.1) is 0 Å². The highest BCUT2D eigenvalue weighted by molar-refractivity contribution is 9.10. The van der Waals surface area contributed by atoms with Gasteiger partial charge >= 0.3 is 0 Å². The second-order valence-electron chi connectivity index (χ2n) is 4.58. The Kier molecular flexibility index (Phi) is 4.07. The molecule has 0 aliphatic carbocycles. The molecule has 0 fully saturated rings. The minimum atomic E-state index is 0.449. The van der Waals surface area contributed by atoms with E-state index in [0.717, 1.165) is 22.5 Å². The lowest BCUT2D eigenvalue weighted by Crippen LogP contribution is -1.97. The second-order valence-corrected chi connectivity index (χ2v) is 5.33. The van der Waals surface area contributed by atoms with Gasteiger partial charge in [-0.05, 0) is 39.0 Å². The van der Waals surface area contributed by atoms with Crippen LogP contribution in [0.3, 0.4) is 0 Å². The van der Waals surface area contributed by atoms with Crippen LogP contribution in [0.2, 0.25) is 0 Å². The van der Waals surface area contributed by atoms with E-state index < -0.39 is 0 Å². The van der Waals surface area contributed by atoms with Crippen LogP contribution in [0, 0.1) is 0 Å². The predicted octanol–water partition coefficient (Wildman–Crippen LogP) is 3.90. The van der Waals surface area contributed by atoms with Gasteiger partial charge in [0.25, 0.3) is 0 Å². The molecule has 0 amide bonds. The van der Waals surface area contributed by atoms with Crippen LogP contribution in [0.15, 0.2) is 29.1 Å². The number of aromatic amines is 1. The fourth-order valence-electron chi connectivity index (χ4n) is 1.98. The molecular formula is C14H17BrN2O. The SMILES string of the molecule is COc1ccc(Cc2[nH]cnc2Br)cc1C(C)C. The maximum Gasteiger partial charge on any atom is 0.127 e. The van der Waals surface area contributed by atoms with Gasteiger partial charge in [-0.1, -0.05) is 26.0 Å². The van der Waals surface area contributed by atoms with Crippen molar-refractivity contribution in [3.8, 4) is 5.75 Å². The number of nitrogens with one attached hydrogen (secondary N) is 1. The quantitative estimate of drug-likeness (QED) is 0.930. The van der Waals surface area contributed by atoms with E-state index in [1.54, 1.807) is 13.4 Å². The molecule has 1 aromatic carbocycles. The molecule has 96 valence electrons. The predicted molar refractivity (Wildman–Crippen MR) is 76.2 cm³/mol. The first-order valence-electron chi connectivity index (χ1n) is 5.96. The maximum atomic E-state index is 5.39. The zero-order chi connectivity index (χ0) is 13.1. The molecule has 1 heterocycles. The molecule has 0 aliphatic heterocycles. The Morgan fingerprint density at radius 3 is 2.72 bits per heavy atom. The highest BCUT2D eigenvalue weighted by Crippen LogP contribution is 2.28. The van der Waals surface area contributed by atoms with Crippen LogP contribution in [0.1, 0.15) is 36.6 Å². The average molecular weight is 309 g/mol. The van der Waals surface area contributed by atoms with Gasteiger partial charge in [0.05, 0.1) is 19.1 Å². The summed E-state index contributed by atoms with van der Waals surface area (Å²) in [5.74, 6) is 1.41. The molecule has 0 aliphatic rings. The molecule has 3 nitrogen and oxygen atoms in total. The minimum Gasteiger partial charge on any atom is -0.496 e. The molecule has 0 unspecified atom stereocenters. The van der Waals surface area contributed by atoms with E-state index in [1.807, 2.05) is 6.07 Å². The Hall–Kier alpha value is -1.29. The third-order valence-electron chi connectivity index (χ3n) is 2.96. The zero-order valence-electron chi connectivity index (χ0n) is 10.8. The number of H-pyrrole nitrogens is 1. The van der Waals surface area contributed by atoms with Gasteiger partial charge in [-0.3, -0.25) is 0 Å². The van der Waals surface area contributed by atoms with Gasteiger partial charge in [0.1, 0.15) is 10.4 Å². The lowest BCUT2D eigenvalue weighted by molar-refractivity contribution is 0.407. The molecule has 0 atom stereocenters. The van der Waals surface area contributed by atoms with Gasteiger partial charge in [0, 0.05) is 6.42 Å². The molecule has 0 saturated carbocycles. The Morgan fingerprint density at radius 2 is 2.17 bits per heavy atom. The third kappa shape index (κ3) is 2.75. The summed E-state index contributed by atoms with van der Waals surface area (Å²) in [5.41, 5.74) is 3.59. The van der Waals surface area contributed by atoms with Crippen LogP contribution in [-0.2, 0) is 6.42 Å². The normalized spacial score (nSPS) is 10.9. The number of benzene rings is 1. The van der Waals surface area contributed by atoms with Crippen molar-refractivity contribution >= 4 is 15.9 Å². The smallest absolute Gasteiger partial charge is 0.127 e. The van der Waals surface area contributed by atoms with Crippen LogP contribution in [-0.4, -0.2) is 17.1 Å². The van der Waals surface area contributed by atoms with Crippen molar-refractivity contribution in [3.05, 3.63) is 46.0 Å². The lowest BCUT2D eigenvalue weighted by Gasteiger charge is -2.13. The molecule has 0 bridgehead atoms. The molecule has 4 heteroatoms. The first kappa shape index (κ1) is 13.1. The number of aromatic nitrogens is 2. The number of nitrogens with zero attached hydrogens (tertiary/aromatic N) is 1. The minimum absolute atomic E-state index is 0.449. The largest absolute Gasteiger partial charge is 0.496 e. The van der Waals surface area contributed by atoms with Crippen LogP contribution < -0.4 is 4.74 Å². The molecule has 0 radical (unpaired) electrons. The molecule has 18 heavy (non-hydrogen) atoms. The molecule has 1 N–H and O–H groups in total. The van der Waals surface area contributed by atoms with Gasteiger partial charge in [0.15, 0.2) is 0 Å². The number of hydrogen-bond donors (Lipinski definition) is 1. The number of halogens is 1. The van der Waals surface area contributed by atoms with Crippen molar-refractivity contribution in [2.24, 2.45) is 0 Å². The summed E-state index contributed by atoms with van der Waals surface area (Å²) < 4.78 is 6.27. The van der Waals surface area contributed by atoms with E-state index in [-0.39, 0.29) is 0 Å². The Labute approximate surface area is 116 Å². The number of methoxy groups -OCH3 is 1. The standard InChI is InChI=1S/C14H17BrN2O/c1-9(2)11-6-10(4-5-13(11)18-3)7-12-14(15)17-8-16-12/h4-6,8-9H,7H2,1-3H3,(H,16,17). The van der Waals surface area contributed by atoms with E-state index >= 15 is 0 Å². The van der Waals surface area contributed by atoms with E-state index in [9.17, 15) is 0 Å². The van der Waals surface area contributed by atoms with Crippen LogP contribution in [0.4, 0.5) is 0 Å². The van der Waals surface area contributed by atoms with Crippen molar-refractivity contribution in [2.75, 3.05) is 7.11 Å². The van der Waals surface area contributed by atoms with E-state index in [4.69, 9.17) is 4.74 Å². The number of hydrogen-bond acceptors (Lipinski definition) is 2. The monoisotopic (exact) mass is 308 g/mol. The van der Waals surface area contributed by atoms with Gasteiger partial charge in [-0.2, -0.15) is 0 Å². The summed E-state index contributed by atoms with van der Waals surface area (Å²) in [7, 11) is 1.71. The third-order valence-corrected chi connectivity index (χ3v) is 3.65. The Balaban J connectivity index is 2.30. The summed E-state index contributed by atoms with van der Waals surface area (Å²) in [5, 5.41) is 0. The van der Waals surface area contributed by atoms with Gasteiger partial charge in [0.2, 0.25) is 0 Å². The average Bonchev–Trinajstić information content (AvgIpc) is 2.75. The highest BCUT2D eigenvalue weighted by Gasteiger charge is 2.10. The Morgan fingerprint density at radius 1 is 1.39 bits per heavy atom. The van der Waals surface area contributed by atoms with Crippen molar-refractivity contribution in [1.29, 1.82) is 0 Å².